The van der Waals surface area contributed by atoms with Gasteiger partial charge in [-0.1, -0.05) is 11.6 Å². The molecule has 0 saturated heterocycles. The lowest BCUT2D eigenvalue weighted by atomic mass is 10.3. The molecular formula is C14H16ClN5O4. The number of aryl methyl sites for hydroxylation is 1. The molecule has 1 N–H and O–H groups in total. The predicted molar refractivity (Wildman–Crippen MR) is 89.8 cm³/mol. The Labute approximate surface area is 142 Å². The number of nitro groups is 1. The predicted octanol–water partition coefficient (Wildman–Crippen LogP) is 2.07. The lowest BCUT2D eigenvalue weighted by Crippen LogP contribution is -2.31. The van der Waals surface area contributed by atoms with Gasteiger partial charge in [0.05, 0.1) is 19.3 Å². The Morgan fingerprint density at radius 1 is 1.54 bits per heavy atom. The number of anilines is 2. The maximum Gasteiger partial charge on any atom is 0.406 e. The van der Waals surface area contributed by atoms with Crippen molar-refractivity contribution in [1.29, 1.82) is 0 Å². The van der Waals surface area contributed by atoms with Gasteiger partial charge in [0.25, 0.3) is 0 Å². The molecule has 0 aliphatic heterocycles. The number of ether oxygens (including phenoxy) is 1. The fourth-order valence-corrected chi connectivity index (χ4v) is 2.41. The molecule has 9 nitrogen and oxygen atoms in total. The van der Waals surface area contributed by atoms with E-state index in [4.69, 9.17) is 16.3 Å². The topological polar surface area (TPSA) is 103 Å². The van der Waals surface area contributed by atoms with E-state index in [1.54, 1.807) is 32.3 Å². The van der Waals surface area contributed by atoms with Crippen molar-refractivity contribution in [1.82, 2.24) is 9.55 Å². The highest BCUT2D eigenvalue weighted by atomic mass is 35.5. The van der Waals surface area contributed by atoms with Crippen molar-refractivity contribution in [3.05, 3.63) is 39.7 Å². The third kappa shape index (κ3) is 3.74. The van der Waals surface area contributed by atoms with Gasteiger partial charge >= 0.3 is 5.82 Å². The second-order valence-electron chi connectivity index (χ2n) is 5.01. The maximum absolute atomic E-state index is 12.2. The quantitative estimate of drug-likeness (QED) is 0.630. The summed E-state index contributed by atoms with van der Waals surface area (Å²) in [4.78, 5) is 27.8. The second kappa shape index (κ2) is 7.18. The molecule has 0 aliphatic rings. The van der Waals surface area contributed by atoms with Crippen molar-refractivity contribution in [3.63, 3.8) is 0 Å². The smallest absolute Gasteiger partial charge is 0.406 e. The van der Waals surface area contributed by atoms with Crippen molar-refractivity contribution >= 4 is 34.8 Å². The molecule has 1 heterocycles. The SMILES string of the molecule is COc1ccc(Cl)cc1NC(=O)CN(C)c1c([N+](=O)[O-])ncn1C. The molecule has 2 rings (SSSR count). The van der Waals surface area contributed by atoms with Crippen LogP contribution in [0.2, 0.25) is 5.02 Å². The Bertz CT molecular complexity index is 777. The molecule has 0 fully saturated rings. The van der Waals surface area contributed by atoms with Gasteiger partial charge in [0.15, 0.2) is 0 Å². The van der Waals surface area contributed by atoms with Gasteiger partial charge in [0.1, 0.15) is 5.75 Å². The van der Waals surface area contributed by atoms with E-state index >= 15 is 0 Å². The first kappa shape index (κ1) is 17.5. The van der Waals surface area contributed by atoms with Crippen LogP contribution < -0.4 is 15.0 Å². The summed E-state index contributed by atoms with van der Waals surface area (Å²) in [5, 5.41) is 14.1. The summed E-state index contributed by atoms with van der Waals surface area (Å²) in [5.74, 6) is -0.00294. The molecule has 1 aromatic carbocycles. The maximum atomic E-state index is 12.2. The molecule has 1 aromatic heterocycles. The van der Waals surface area contributed by atoms with Gasteiger partial charge in [0.2, 0.25) is 18.1 Å². The Morgan fingerprint density at radius 2 is 2.25 bits per heavy atom. The van der Waals surface area contributed by atoms with Gasteiger partial charge < -0.3 is 25.1 Å². The Kier molecular flexibility index (Phi) is 5.24. The van der Waals surface area contributed by atoms with E-state index in [1.165, 1.54) is 22.9 Å². The van der Waals surface area contributed by atoms with Crippen LogP contribution in [-0.4, -0.2) is 41.1 Å². The number of rotatable bonds is 6. The van der Waals surface area contributed by atoms with Crippen LogP contribution in [0.1, 0.15) is 0 Å². The molecule has 0 aliphatic carbocycles. The number of nitrogens with one attached hydrogen (secondary N) is 1. The van der Waals surface area contributed by atoms with Gasteiger partial charge in [-0.25, -0.2) is 0 Å². The molecule has 128 valence electrons. The molecule has 0 bridgehead atoms. The zero-order chi connectivity index (χ0) is 17.9. The summed E-state index contributed by atoms with van der Waals surface area (Å²) in [5.41, 5.74) is 0.419. The van der Waals surface area contributed by atoms with Crippen LogP contribution in [0.4, 0.5) is 17.3 Å². The van der Waals surface area contributed by atoms with E-state index in [9.17, 15) is 14.9 Å². The summed E-state index contributed by atoms with van der Waals surface area (Å²) in [6, 6.07) is 4.83. The summed E-state index contributed by atoms with van der Waals surface area (Å²) < 4.78 is 6.64. The third-order valence-corrected chi connectivity index (χ3v) is 3.47. The fraction of sp³-hybridized carbons (Fsp3) is 0.286. The van der Waals surface area contributed by atoms with Crippen LogP contribution in [0.25, 0.3) is 0 Å². The number of hydrogen-bond donors (Lipinski definition) is 1. The normalized spacial score (nSPS) is 10.3. The van der Waals surface area contributed by atoms with Crippen molar-refractivity contribution < 1.29 is 14.5 Å². The van der Waals surface area contributed by atoms with E-state index in [2.05, 4.69) is 10.3 Å². The first-order valence-corrected chi connectivity index (χ1v) is 7.21. The minimum atomic E-state index is -0.594. The van der Waals surface area contributed by atoms with E-state index in [0.717, 1.165) is 0 Å². The molecule has 24 heavy (non-hydrogen) atoms. The zero-order valence-corrected chi connectivity index (χ0v) is 14.1. The molecule has 0 saturated carbocycles. The van der Waals surface area contributed by atoms with Crippen molar-refractivity contribution in [2.75, 3.05) is 30.9 Å². The van der Waals surface area contributed by atoms with Crippen LogP contribution in [0.15, 0.2) is 24.5 Å². The molecule has 0 unspecified atom stereocenters. The largest absolute Gasteiger partial charge is 0.495 e. The average molecular weight is 354 g/mol. The Balaban J connectivity index is 2.14. The second-order valence-corrected chi connectivity index (χ2v) is 5.45. The Hall–Kier alpha value is -2.81. The molecular weight excluding hydrogens is 338 g/mol. The molecule has 0 spiro atoms. The number of amides is 1. The van der Waals surface area contributed by atoms with Gasteiger partial charge in [0, 0.05) is 19.1 Å². The standard InChI is InChI=1S/C14H16ClN5O4/c1-18(14-13(20(22)23)16-8-19(14)2)7-12(21)17-10-6-9(15)4-5-11(10)24-3/h4-6,8H,7H2,1-3H3,(H,17,21). The minimum absolute atomic E-state index is 0.115. The number of carbonyl (C=O) groups is 1. The molecule has 0 radical (unpaired) electrons. The molecule has 1 amide bonds. The van der Waals surface area contributed by atoms with Gasteiger partial charge in [-0.2, -0.15) is 0 Å². The number of benzene rings is 1. The number of nitrogens with zero attached hydrogens (tertiary/aromatic N) is 4. The van der Waals surface area contributed by atoms with Crippen LogP contribution in [0.3, 0.4) is 0 Å². The zero-order valence-electron chi connectivity index (χ0n) is 13.3. The van der Waals surface area contributed by atoms with Crippen molar-refractivity contribution in [2.45, 2.75) is 0 Å². The van der Waals surface area contributed by atoms with E-state index < -0.39 is 4.92 Å². The number of methoxy groups -OCH3 is 1. The summed E-state index contributed by atoms with van der Waals surface area (Å²) in [7, 11) is 4.66. The Morgan fingerprint density at radius 3 is 2.88 bits per heavy atom. The highest BCUT2D eigenvalue weighted by Gasteiger charge is 2.24. The first-order valence-electron chi connectivity index (χ1n) is 6.83. The monoisotopic (exact) mass is 353 g/mol. The number of halogens is 1. The fourth-order valence-electron chi connectivity index (χ4n) is 2.24. The first-order chi connectivity index (χ1) is 11.3. The van der Waals surface area contributed by atoms with Crippen molar-refractivity contribution in [2.24, 2.45) is 7.05 Å². The van der Waals surface area contributed by atoms with E-state index in [1.807, 2.05) is 0 Å². The van der Waals surface area contributed by atoms with Crippen LogP contribution in [0.5, 0.6) is 5.75 Å². The van der Waals surface area contributed by atoms with E-state index in [0.29, 0.717) is 16.5 Å². The summed E-state index contributed by atoms with van der Waals surface area (Å²) in [6.45, 7) is -0.115. The van der Waals surface area contributed by atoms with Gasteiger partial charge in [-0.15, -0.1) is 0 Å². The van der Waals surface area contributed by atoms with Gasteiger partial charge in [-0.3, -0.25) is 9.36 Å². The van der Waals surface area contributed by atoms with E-state index in [-0.39, 0.29) is 24.1 Å². The minimum Gasteiger partial charge on any atom is -0.495 e. The average Bonchev–Trinajstić information content (AvgIpc) is 2.89. The lowest BCUT2D eigenvalue weighted by Gasteiger charge is -2.18. The highest BCUT2D eigenvalue weighted by Crippen LogP contribution is 2.28. The number of hydrogen-bond acceptors (Lipinski definition) is 6. The van der Waals surface area contributed by atoms with Gasteiger partial charge in [-0.05, 0) is 28.1 Å². The number of carbonyl (C=O) groups excluding carboxylic acids is 1. The summed E-state index contributed by atoms with van der Waals surface area (Å²) in [6.07, 6.45) is 1.32. The van der Waals surface area contributed by atoms with Crippen molar-refractivity contribution in [3.8, 4) is 5.75 Å². The molecule has 0 atom stereocenters. The highest BCUT2D eigenvalue weighted by molar-refractivity contribution is 6.31. The number of imidazole rings is 1. The van der Waals surface area contributed by atoms with Crippen LogP contribution in [-0.2, 0) is 11.8 Å². The lowest BCUT2D eigenvalue weighted by molar-refractivity contribution is -0.388. The molecule has 2 aromatic rings. The van der Waals surface area contributed by atoms with Crippen LogP contribution in [0, 0.1) is 10.1 Å². The number of aromatic nitrogens is 2. The summed E-state index contributed by atoms with van der Waals surface area (Å²) >= 11 is 5.92. The molecule has 10 heteroatoms. The third-order valence-electron chi connectivity index (χ3n) is 3.24. The number of likely N-dealkylation sites (N-methyl/N-ethyl adjacent to an activating group) is 1. The van der Waals surface area contributed by atoms with Crippen LogP contribution >= 0.6 is 11.6 Å².